The molecular weight excluding hydrogens is 380 g/mol. The van der Waals surface area contributed by atoms with Crippen LogP contribution in [0.25, 0.3) is 0 Å². The molecule has 1 aromatic carbocycles. The van der Waals surface area contributed by atoms with Gasteiger partial charge in [0, 0.05) is 19.3 Å². The number of hydrogen-bond acceptors (Lipinski definition) is 6. The molecule has 2 aromatic heterocycles. The van der Waals surface area contributed by atoms with Gasteiger partial charge in [-0.3, -0.25) is 14.3 Å². The minimum Gasteiger partial charge on any atom is -0.355 e. The largest absolute Gasteiger partial charge is 0.355 e. The summed E-state index contributed by atoms with van der Waals surface area (Å²) in [6.07, 6.45) is 4.83. The lowest BCUT2D eigenvalue weighted by molar-refractivity contribution is -0.117. The van der Waals surface area contributed by atoms with Gasteiger partial charge in [-0.05, 0) is 19.1 Å². The van der Waals surface area contributed by atoms with Crippen molar-refractivity contribution >= 4 is 46.2 Å². The van der Waals surface area contributed by atoms with Crippen LogP contribution in [0.4, 0.5) is 22.9 Å². The van der Waals surface area contributed by atoms with Gasteiger partial charge in [-0.25, -0.2) is 4.98 Å². The highest BCUT2D eigenvalue weighted by Crippen LogP contribution is 2.29. The average Bonchev–Trinajstić information content (AvgIpc) is 3.10. The SMILES string of the molecule is CNC(=O)c1ccccc1Nc1cc(Nc2cnn(CC(C)=O)c2)ncc1Cl. The predicted octanol–water partition coefficient (Wildman–Crippen LogP) is 3.37. The van der Waals surface area contributed by atoms with Crippen LogP contribution in [0.1, 0.15) is 17.3 Å². The number of hydrogen-bond donors (Lipinski definition) is 3. The Morgan fingerprint density at radius 2 is 1.93 bits per heavy atom. The van der Waals surface area contributed by atoms with Crippen LogP contribution in [0.5, 0.6) is 0 Å². The summed E-state index contributed by atoms with van der Waals surface area (Å²) in [6, 6.07) is 8.85. The van der Waals surface area contributed by atoms with E-state index < -0.39 is 0 Å². The number of Topliss-reactive ketones (excluding diaryl/α,β-unsaturated/α-hetero) is 1. The molecule has 9 heteroatoms. The van der Waals surface area contributed by atoms with Crippen LogP contribution >= 0.6 is 11.6 Å². The van der Waals surface area contributed by atoms with Crippen molar-refractivity contribution in [1.82, 2.24) is 20.1 Å². The number of carbonyl (C=O) groups is 2. The number of pyridine rings is 1. The molecule has 0 aliphatic carbocycles. The summed E-state index contributed by atoms with van der Waals surface area (Å²) in [5.74, 6) is 0.344. The molecular formula is C19H19ClN6O2. The molecule has 2 heterocycles. The van der Waals surface area contributed by atoms with Crippen molar-refractivity contribution in [2.45, 2.75) is 13.5 Å². The van der Waals surface area contributed by atoms with Gasteiger partial charge in [0.1, 0.15) is 5.82 Å². The molecule has 0 unspecified atom stereocenters. The van der Waals surface area contributed by atoms with Gasteiger partial charge in [0.05, 0.1) is 46.6 Å². The number of carbonyl (C=O) groups excluding carboxylic acids is 2. The lowest BCUT2D eigenvalue weighted by Gasteiger charge is -2.13. The lowest BCUT2D eigenvalue weighted by atomic mass is 10.1. The van der Waals surface area contributed by atoms with Gasteiger partial charge >= 0.3 is 0 Å². The number of nitrogens with one attached hydrogen (secondary N) is 3. The summed E-state index contributed by atoms with van der Waals surface area (Å²) in [5.41, 5.74) is 2.40. The van der Waals surface area contributed by atoms with E-state index >= 15 is 0 Å². The zero-order valence-electron chi connectivity index (χ0n) is 15.4. The van der Waals surface area contributed by atoms with Gasteiger partial charge in [0.15, 0.2) is 5.78 Å². The number of para-hydroxylation sites is 1. The van der Waals surface area contributed by atoms with Crippen molar-refractivity contribution < 1.29 is 9.59 Å². The van der Waals surface area contributed by atoms with Gasteiger partial charge in [0.2, 0.25) is 0 Å². The zero-order valence-corrected chi connectivity index (χ0v) is 16.1. The maximum absolute atomic E-state index is 12.1. The van der Waals surface area contributed by atoms with Gasteiger partial charge in [-0.1, -0.05) is 23.7 Å². The highest BCUT2D eigenvalue weighted by atomic mass is 35.5. The Bertz CT molecular complexity index is 1020. The fourth-order valence-corrected chi connectivity index (χ4v) is 2.71. The van der Waals surface area contributed by atoms with Crippen LogP contribution in [-0.4, -0.2) is 33.5 Å². The monoisotopic (exact) mass is 398 g/mol. The van der Waals surface area contributed by atoms with Crippen LogP contribution in [-0.2, 0) is 11.3 Å². The van der Waals surface area contributed by atoms with E-state index in [9.17, 15) is 9.59 Å². The second-order valence-electron chi connectivity index (χ2n) is 6.05. The maximum Gasteiger partial charge on any atom is 0.253 e. The maximum atomic E-state index is 12.1. The van der Waals surface area contributed by atoms with Crippen molar-refractivity contribution in [1.29, 1.82) is 0 Å². The summed E-state index contributed by atoms with van der Waals surface area (Å²) < 4.78 is 1.54. The number of aromatic nitrogens is 3. The van der Waals surface area contributed by atoms with Gasteiger partial charge in [0.25, 0.3) is 5.91 Å². The molecule has 1 amide bonds. The average molecular weight is 399 g/mol. The molecule has 0 aliphatic heterocycles. The number of anilines is 4. The van der Waals surface area contributed by atoms with E-state index in [0.29, 0.717) is 33.5 Å². The summed E-state index contributed by atoms with van der Waals surface area (Å²) in [7, 11) is 1.58. The highest BCUT2D eigenvalue weighted by Gasteiger charge is 2.12. The minimum atomic E-state index is -0.204. The molecule has 3 rings (SSSR count). The van der Waals surface area contributed by atoms with Crippen molar-refractivity contribution in [2.75, 3.05) is 17.7 Å². The first kappa shape index (κ1) is 19.4. The molecule has 0 saturated carbocycles. The summed E-state index contributed by atoms with van der Waals surface area (Å²) in [6.45, 7) is 1.71. The summed E-state index contributed by atoms with van der Waals surface area (Å²) >= 11 is 6.27. The van der Waals surface area contributed by atoms with Crippen LogP contribution in [0, 0.1) is 0 Å². The Kier molecular flexibility index (Phi) is 5.90. The second-order valence-corrected chi connectivity index (χ2v) is 6.46. The third kappa shape index (κ3) is 4.66. The fraction of sp³-hybridized carbons (Fsp3) is 0.158. The minimum absolute atomic E-state index is 0.0144. The Morgan fingerprint density at radius 3 is 2.68 bits per heavy atom. The molecule has 0 bridgehead atoms. The van der Waals surface area contributed by atoms with Crippen molar-refractivity contribution in [2.24, 2.45) is 0 Å². The molecule has 144 valence electrons. The molecule has 3 N–H and O–H groups in total. The Hall–Kier alpha value is -3.39. The van der Waals surface area contributed by atoms with Crippen LogP contribution in [0.2, 0.25) is 5.02 Å². The summed E-state index contributed by atoms with van der Waals surface area (Å²) in [5, 5.41) is 13.4. The van der Waals surface area contributed by atoms with Gasteiger partial charge < -0.3 is 16.0 Å². The predicted molar refractivity (Wildman–Crippen MR) is 109 cm³/mol. The number of ketones is 1. The second kappa shape index (κ2) is 8.53. The topological polar surface area (TPSA) is 101 Å². The Balaban J connectivity index is 1.82. The van der Waals surface area contributed by atoms with E-state index in [1.165, 1.54) is 13.1 Å². The van der Waals surface area contributed by atoms with Crippen molar-refractivity contribution in [3.05, 3.63) is 59.5 Å². The smallest absolute Gasteiger partial charge is 0.253 e. The molecule has 0 saturated heterocycles. The van der Waals surface area contributed by atoms with E-state index in [1.54, 1.807) is 48.4 Å². The van der Waals surface area contributed by atoms with E-state index in [0.717, 1.165) is 0 Å². The Morgan fingerprint density at radius 1 is 1.14 bits per heavy atom. The quantitative estimate of drug-likeness (QED) is 0.564. The zero-order chi connectivity index (χ0) is 20.1. The van der Waals surface area contributed by atoms with E-state index in [2.05, 4.69) is 26.0 Å². The Labute approximate surface area is 166 Å². The first-order valence-electron chi connectivity index (χ1n) is 8.49. The van der Waals surface area contributed by atoms with Gasteiger partial charge in [-0.15, -0.1) is 0 Å². The highest BCUT2D eigenvalue weighted by molar-refractivity contribution is 6.33. The molecule has 0 atom stereocenters. The summed E-state index contributed by atoms with van der Waals surface area (Å²) in [4.78, 5) is 27.5. The van der Waals surface area contributed by atoms with Crippen LogP contribution < -0.4 is 16.0 Å². The number of nitrogens with zero attached hydrogens (tertiary/aromatic N) is 3. The third-order valence-electron chi connectivity index (χ3n) is 3.81. The lowest BCUT2D eigenvalue weighted by Crippen LogP contribution is -2.19. The molecule has 28 heavy (non-hydrogen) atoms. The van der Waals surface area contributed by atoms with Crippen LogP contribution in [0.3, 0.4) is 0 Å². The van der Waals surface area contributed by atoms with Crippen molar-refractivity contribution in [3.8, 4) is 0 Å². The van der Waals surface area contributed by atoms with Crippen LogP contribution in [0.15, 0.2) is 48.9 Å². The number of rotatable bonds is 7. The third-order valence-corrected chi connectivity index (χ3v) is 4.11. The standard InChI is InChI=1S/C19H19ClN6O2/c1-12(27)10-26-11-13(8-23-26)24-18-7-17(15(20)9-22-18)25-16-6-4-3-5-14(16)19(28)21-2/h3-9,11H,10H2,1-2H3,(H,21,28)(H2,22,24,25). The molecule has 0 fully saturated rings. The molecule has 0 spiro atoms. The fourth-order valence-electron chi connectivity index (χ4n) is 2.56. The van der Waals surface area contributed by atoms with Gasteiger partial charge in [-0.2, -0.15) is 5.10 Å². The van der Waals surface area contributed by atoms with E-state index in [4.69, 9.17) is 11.6 Å². The van der Waals surface area contributed by atoms with Crippen molar-refractivity contribution in [3.63, 3.8) is 0 Å². The van der Waals surface area contributed by atoms with E-state index in [-0.39, 0.29) is 18.2 Å². The number of benzene rings is 1. The molecule has 0 aliphatic rings. The first-order chi connectivity index (χ1) is 13.5. The molecule has 8 nitrogen and oxygen atoms in total. The first-order valence-corrected chi connectivity index (χ1v) is 8.86. The number of halogens is 1. The van der Waals surface area contributed by atoms with E-state index in [1.807, 2.05) is 6.07 Å². The molecule has 3 aromatic rings. The molecule has 0 radical (unpaired) electrons. The number of amides is 1. The normalized spacial score (nSPS) is 10.4.